The molecule has 1 spiro atoms. The molecule has 3 atom stereocenters. The normalized spacial score (nSPS) is 23.2. The van der Waals surface area contributed by atoms with E-state index in [-0.39, 0.29) is 30.2 Å². The van der Waals surface area contributed by atoms with E-state index in [4.69, 9.17) is 4.99 Å². The van der Waals surface area contributed by atoms with Crippen molar-refractivity contribution in [2.45, 2.75) is 78.0 Å². The molecule has 0 saturated heterocycles. The highest BCUT2D eigenvalue weighted by atomic mass is 19.1. The predicted octanol–water partition coefficient (Wildman–Crippen LogP) is 5.23. The maximum absolute atomic E-state index is 14.3. The van der Waals surface area contributed by atoms with Gasteiger partial charge in [-0.2, -0.15) is 5.21 Å². The number of aromatic nitrogens is 4. The average Bonchev–Trinajstić information content (AvgIpc) is 3.54. The van der Waals surface area contributed by atoms with Gasteiger partial charge in [-0.15, -0.1) is 10.2 Å². The third-order valence-corrected chi connectivity index (χ3v) is 8.15. The van der Waals surface area contributed by atoms with Gasteiger partial charge in [0.25, 0.3) is 11.8 Å². The van der Waals surface area contributed by atoms with E-state index in [1.165, 1.54) is 12.1 Å². The number of aliphatic imine (C=N–C) groups is 1. The summed E-state index contributed by atoms with van der Waals surface area (Å²) in [5, 5.41) is 16.4. The molecular formula is C31H38FN7O2. The molecule has 3 aromatic rings. The molecule has 0 radical (unpaired) electrons. The van der Waals surface area contributed by atoms with Gasteiger partial charge in [0, 0.05) is 11.1 Å². The lowest BCUT2D eigenvalue weighted by atomic mass is 9.75. The van der Waals surface area contributed by atoms with Crippen LogP contribution in [-0.4, -0.2) is 48.7 Å². The summed E-state index contributed by atoms with van der Waals surface area (Å²) in [5.74, 6) is 0.946. The Balaban J connectivity index is 1.49. The van der Waals surface area contributed by atoms with Crippen LogP contribution in [-0.2, 0) is 11.3 Å². The van der Waals surface area contributed by atoms with Crippen molar-refractivity contribution in [3.8, 4) is 0 Å². The summed E-state index contributed by atoms with van der Waals surface area (Å²) in [6, 6.07) is 13.3. The summed E-state index contributed by atoms with van der Waals surface area (Å²) < 4.78 is 13.8. The quantitative estimate of drug-likeness (QED) is 0.372. The third kappa shape index (κ3) is 6.21. The number of tetrazole rings is 1. The van der Waals surface area contributed by atoms with E-state index in [9.17, 15) is 14.0 Å². The Kier molecular flexibility index (Phi) is 8.28. The van der Waals surface area contributed by atoms with Gasteiger partial charge >= 0.3 is 0 Å². The zero-order valence-corrected chi connectivity index (χ0v) is 24.1. The number of carbonyl (C=O) groups is 2. The summed E-state index contributed by atoms with van der Waals surface area (Å²) in [7, 11) is 0. The van der Waals surface area contributed by atoms with Crippen LogP contribution in [0.3, 0.4) is 0 Å². The molecule has 10 heteroatoms. The minimum absolute atomic E-state index is 0.117. The van der Waals surface area contributed by atoms with Gasteiger partial charge in [0.2, 0.25) is 0 Å². The number of H-pyrrole nitrogens is 1. The highest BCUT2D eigenvalue weighted by Gasteiger charge is 2.53. The summed E-state index contributed by atoms with van der Waals surface area (Å²) in [6.07, 6.45) is 4.35. The van der Waals surface area contributed by atoms with E-state index in [0.717, 1.165) is 37.7 Å². The zero-order chi connectivity index (χ0) is 29.1. The fourth-order valence-electron chi connectivity index (χ4n) is 6.49. The topological polar surface area (TPSA) is 116 Å². The predicted molar refractivity (Wildman–Crippen MR) is 153 cm³/mol. The number of hydrogen-bond donors (Lipinski definition) is 2. The van der Waals surface area contributed by atoms with Crippen LogP contribution in [0.2, 0.25) is 0 Å². The Labute approximate surface area is 240 Å². The van der Waals surface area contributed by atoms with Crippen LogP contribution < -0.4 is 5.32 Å². The first-order chi connectivity index (χ1) is 19.6. The molecule has 2 aromatic carbocycles. The molecule has 1 saturated carbocycles. The molecule has 0 bridgehead atoms. The van der Waals surface area contributed by atoms with Crippen LogP contribution in [0.15, 0.2) is 53.5 Å². The van der Waals surface area contributed by atoms with Crippen molar-refractivity contribution < 1.29 is 14.0 Å². The highest BCUT2D eigenvalue weighted by Crippen LogP contribution is 2.48. The van der Waals surface area contributed by atoms with Gasteiger partial charge in [-0.05, 0) is 91.8 Å². The average molecular weight is 560 g/mol. The lowest BCUT2D eigenvalue weighted by Gasteiger charge is -2.47. The van der Waals surface area contributed by atoms with E-state index in [1.54, 1.807) is 24.3 Å². The van der Waals surface area contributed by atoms with E-state index < -0.39 is 5.66 Å². The van der Waals surface area contributed by atoms with Crippen molar-refractivity contribution in [2.75, 3.05) is 0 Å². The fourth-order valence-corrected chi connectivity index (χ4v) is 6.49. The Morgan fingerprint density at radius 3 is 2.37 bits per heavy atom. The Bertz CT molecular complexity index is 1380. The number of benzene rings is 2. The lowest BCUT2D eigenvalue weighted by molar-refractivity contribution is -0.134. The van der Waals surface area contributed by atoms with E-state index in [1.807, 2.05) is 17.0 Å². The first-order valence-electron chi connectivity index (χ1n) is 14.4. The van der Waals surface area contributed by atoms with Crippen LogP contribution >= 0.6 is 0 Å². The first kappa shape index (κ1) is 28.6. The van der Waals surface area contributed by atoms with Gasteiger partial charge in [-0.1, -0.05) is 45.0 Å². The summed E-state index contributed by atoms with van der Waals surface area (Å²) in [4.78, 5) is 34.3. The van der Waals surface area contributed by atoms with Crippen LogP contribution in [0.25, 0.3) is 0 Å². The second-order valence-corrected chi connectivity index (χ2v) is 12.1. The summed E-state index contributed by atoms with van der Waals surface area (Å²) in [6.45, 7) is 8.99. The molecule has 9 nitrogen and oxygen atoms in total. The molecule has 2 aliphatic rings. The van der Waals surface area contributed by atoms with Crippen molar-refractivity contribution in [2.24, 2.45) is 22.7 Å². The molecule has 1 aromatic heterocycles. The number of nitrogens with zero attached hydrogens (tertiary/aromatic N) is 5. The lowest BCUT2D eigenvalue weighted by Crippen LogP contribution is -2.52. The van der Waals surface area contributed by atoms with Crippen LogP contribution in [0, 0.1) is 23.6 Å². The van der Waals surface area contributed by atoms with Gasteiger partial charge in [-0.25, -0.2) is 4.39 Å². The maximum Gasteiger partial charge on any atom is 0.275 e. The smallest absolute Gasteiger partial charge is 0.275 e. The minimum atomic E-state index is -0.666. The Morgan fingerprint density at radius 1 is 1.07 bits per heavy atom. The molecule has 5 rings (SSSR count). The fraction of sp³-hybridized carbons (Fsp3) is 0.484. The second-order valence-electron chi connectivity index (χ2n) is 12.1. The van der Waals surface area contributed by atoms with Crippen molar-refractivity contribution in [3.63, 3.8) is 0 Å². The zero-order valence-electron chi connectivity index (χ0n) is 24.1. The van der Waals surface area contributed by atoms with Crippen molar-refractivity contribution in [3.05, 3.63) is 76.9 Å². The highest BCUT2D eigenvalue weighted by molar-refractivity contribution is 6.46. The molecule has 1 fully saturated rings. The molecule has 1 aliphatic carbocycles. The minimum Gasteiger partial charge on any atom is -0.345 e. The number of carbonyl (C=O) groups excluding carboxylic acids is 2. The van der Waals surface area contributed by atoms with Gasteiger partial charge < -0.3 is 10.2 Å². The monoisotopic (exact) mass is 559 g/mol. The molecular weight excluding hydrogens is 521 g/mol. The third-order valence-electron chi connectivity index (χ3n) is 8.15. The van der Waals surface area contributed by atoms with Gasteiger partial charge in [0.15, 0.2) is 5.82 Å². The molecule has 2 N–H and O–H groups in total. The summed E-state index contributed by atoms with van der Waals surface area (Å²) >= 11 is 0. The standard InChI is InChI=1S/C31H38FN7O2/c1-19(2)5-14-26(22-6-8-24(9-7-22)29(40)33-18-27-35-37-38-36-27)39-30(41)28(23-10-12-25(32)13-11-23)34-31(39)16-20(3)15-21(4)17-31/h6-13,19-21,26H,5,14-18H2,1-4H3,(H,33,40)(H,35,36,37,38)/t20?,21?,26-,31?/m1/s1. The largest absolute Gasteiger partial charge is 0.345 e. The van der Waals surface area contributed by atoms with E-state index in [2.05, 4.69) is 53.6 Å². The van der Waals surface area contributed by atoms with Crippen molar-refractivity contribution in [1.29, 1.82) is 0 Å². The number of rotatable bonds is 9. The number of nitrogens with one attached hydrogen (secondary N) is 2. The Hall–Kier alpha value is -3.95. The number of hydrogen-bond acceptors (Lipinski definition) is 6. The molecule has 216 valence electrons. The van der Waals surface area contributed by atoms with Crippen LogP contribution in [0.4, 0.5) is 4.39 Å². The molecule has 1 aliphatic heterocycles. The number of aromatic amines is 1. The molecule has 2 unspecified atom stereocenters. The van der Waals surface area contributed by atoms with E-state index >= 15 is 0 Å². The molecule has 2 amide bonds. The Morgan fingerprint density at radius 2 is 1.76 bits per heavy atom. The first-order valence-corrected chi connectivity index (χ1v) is 14.4. The maximum atomic E-state index is 14.3. The van der Waals surface area contributed by atoms with Gasteiger partial charge in [-0.3, -0.25) is 14.6 Å². The molecule has 2 heterocycles. The van der Waals surface area contributed by atoms with Crippen LogP contribution in [0.5, 0.6) is 0 Å². The van der Waals surface area contributed by atoms with Gasteiger partial charge in [0.1, 0.15) is 17.2 Å². The van der Waals surface area contributed by atoms with E-state index in [0.29, 0.717) is 40.4 Å². The van der Waals surface area contributed by atoms with Crippen molar-refractivity contribution in [1.82, 2.24) is 30.8 Å². The van der Waals surface area contributed by atoms with Crippen LogP contribution in [0.1, 0.15) is 93.2 Å². The summed E-state index contributed by atoms with van der Waals surface area (Å²) in [5.41, 5.74) is 1.85. The van der Waals surface area contributed by atoms with Gasteiger partial charge in [0.05, 0.1) is 12.6 Å². The SMILES string of the molecule is CC(C)CC[C@H](c1ccc(C(=O)NCc2nn[nH]n2)cc1)N1C(=O)C(c2ccc(F)cc2)=NC12CC(C)CC(C)C2. The number of halogens is 1. The molecule has 41 heavy (non-hydrogen) atoms. The van der Waals surface area contributed by atoms with Crippen molar-refractivity contribution >= 4 is 17.5 Å². The second kappa shape index (κ2) is 11.9. The number of amides is 2.